The molecule has 0 unspecified atom stereocenters. The number of carbonyl (C=O) groups excluding carboxylic acids is 1. The second-order valence-electron chi connectivity index (χ2n) is 7.76. The van der Waals surface area contributed by atoms with Gasteiger partial charge in [0.2, 0.25) is 0 Å². The quantitative estimate of drug-likeness (QED) is 0.420. The number of hydrogen-bond donors (Lipinski definition) is 0. The lowest BCUT2D eigenvalue weighted by Gasteiger charge is -2.18. The van der Waals surface area contributed by atoms with E-state index in [1.807, 2.05) is 60.7 Å². The number of fused-ring (bicyclic) bond motifs is 3. The van der Waals surface area contributed by atoms with Crippen molar-refractivity contribution in [2.24, 2.45) is 4.99 Å². The highest BCUT2D eigenvalue weighted by Gasteiger charge is 2.25. The highest BCUT2D eigenvalue weighted by Crippen LogP contribution is 2.35. The number of aromatic nitrogens is 1. The van der Waals surface area contributed by atoms with Gasteiger partial charge in [-0.25, -0.2) is 0 Å². The van der Waals surface area contributed by atoms with Crippen LogP contribution in [0.2, 0.25) is 0 Å². The van der Waals surface area contributed by atoms with Gasteiger partial charge in [-0.05, 0) is 36.5 Å². The third-order valence-corrected chi connectivity index (χ3v) is 7.05. The van der Waals surface area contributed by atoms with Crippen LogP contribution in [0.15, 0.2) is 89.9 Å². The summed E-state index contributed by atoms with van der Waals surface area (Å²) in [6.07, 6.45) is 2.04. The molecule has 0 spiro atoms. The zero-order valence-electron chi connectivity index (χ0n) is 17.5. The van der Waals surface area contributed by atoms with Crippen LogP contribution in [0, 0.1) is 0 Å². The monoisotopic (exact) mass is 424 g/mol. The van der Waals surface area contributed by atoms with Gasteiger partial charge in [-0.2, -0.15) is 4.99 Å². The Balaban J connectivity index is 1.64. The predicted octanol–water partition coefficient (Wildman–Crippen LogP) is 5.59. The first-order chi connectivity index (χ1) is 15.3. The standard InChI is InChI=1S/C27H24N2OS/c1-2-29-25-22-16-10-9-11-19(22)17-18-23(25)31-27(29)28-26(30)24(20-12-5-3-6-13-20)21-14-7-4-8-15-21/h3-16,24H,2,17-18H2,1H3. The van der Waals surface area contributed by atoms with E-state index >= 15 is 0 Å². The largest absolute Gasteiger partial charge is 0.316 e. The van der Waals surface area contributed by atoms with Crippen molar-refractivity contribution in [3.8, 4) is 11.3 Å². The number of carbonyl (C=O) groups is 1. The number of aryl methyl sites for hydroxylation is 2. The third kappa shape index (κ3) is 3.68. The van der Waals surface area contributed by atoms with Crippen molar-refractivity contribution in [2.45, 2.75) is 32.2 Å². The summed E-state index contributed by atoms with van der Waals surface area (Å²) in [5.41, 5.74) is 5.82. The molecule has 1 aromatic heterocycles. The van der Waals surface area contributed by atoms with Gasteiger partial charge in [0.1, 0.15) is 0 Å². The molecule has 4 heteroatoms. The zero-order chi connectivity index (χ0) is 21.2. The lowest BCUT2D eigenvalue weighted by molar-refractivity contribution is -0.118. The number of rotatable bonds is 4. The van der Waals surface area contributed by atoms with Crippen molar-refractivity contribution in [3.05, 3.63) is 111 Å². The Morgan fingerprint density at radius 2 is 1.52 bits per heavy atom. The van der Waals surface area contributed by atoms with Crippen LogP contribution in [-0.4, -0.2) is 10.5 Å². The number of nitrogens with zero attached hydrogens (tertiary/aromatic N) is 2. The van der Waals surface area contributed by atoms with Crippen LogP contribution in [0.5, 0.6) is 0 Å². The van der Waals surface area contributed by atoms with E-state index in [0.29, 0.717) is 0 Å². The fourth-order valence-electron chi connectivity index (χ4n) is 4.45. The molecule has 31 heavy (non-hydrogen) atoms. The van der Waals surface area contributed by atoms with Gasteiger partial charge < -0.3 is 4.57 Å². The first-order valence-electron chi connectivity index (χ1n) is 10.8. The molecule has 0 atom stereocenters. The Hall–Kier alpha value is -3.24. The Labute approximate surface area is 186 Å². The zero-order valence-corrected chi connectivity index (χ0v) is 18.3. The first kappa shape index (κ1) is 19.7. The highest BCUT2D eigenvalue weighted by molar-refractivity contribution is 7.09. The van der Waals surface area contributed by atoms with E-state index in [4.69, 9.17) is 4.99 Å². The topological polar surface area (TPSA) is 34.4 Å². The molecule has 5 rings (SSSR count). The third-order valence-electron chi connectivity index (χ3n) is 5.91. The molecular weight excluding hydrogens is 400 g/mol. The molecule has 0 fully saturated rings. The molecule has 1 aliphatic rings. The minimum absolute atomic E-state index is 0.119. The maximum Gasteiger partial charge on any atom is 0.260 e. The minimum atomic E-state index is -0.404. The van der Waals surface area contributed by atoms with Gasteiger partial charge in [-0.1, -0.05) is 84.9 Å². The van der Waals surface area contributed by atoms with Gasteiger partial charge in [0.05, 0.1) is 11.6 Å². The Morgan fingerprint density at radius 3 is 2.16 bits per heavy atom. The molecule has 0 saturated heterocycles. The summed E-state index contributed by atoms with van der Waals surface area (Å²) in [6, 6.07) is 28.5. The number of benzene rings is 3. The Kier molecular flexibility index (Phi) is 5.39. The molecule has 0 N–H and O–H groups in total. The average molecular weight is 425 g/mol. The summed E-state index contributed by atoms with van der Waals surface area (Å²) in [7, 11) is 0. The van der Waals surface area contributed by atoms with Gasteiger partial charge in [-0.15, -0.1) is 11.3 Å². The van der Waals surface area contributed by atoms with Gasteiger partial charge in [0.25, 0.3) is 5.91 Å². The molecule has 3 nitrogen and oxygen atoms in total. The lowest BCUT2D eigenvalue weighted by Crippen LogP contribution is -2.21. The van der Waals surface area contributed by atoms with Crippen LogP contribution in [0.3, 0.4) is 0 Å². The van der Waals surface area contributed by atoms with Gasteiger partial charge >= 0.3 is 0 Å². The van der Waals surface area contributed by atoms with Crippen LogP contribution in [0.4, 0.5) is 0 Å². The molecule has 0 saturated carbocycles. The molecule has 154 valence electrons. The second kappa shape index (κ2) is 8.48. The van der Waals surface area contributed by atoms with Crippen molar-refractivity contribution in [2.75, 3.05) is 0 Å². The minimum Gasteiger partial charge on any atom is -0.316 e. The molecule has 0 radical (unpaired) electrons. The number of thiazole rings is 1. The van der Waals surface area contributed by atoms with E-state index in [1.165, 1.54) is 21.7 Å². The van der Waals surface area contributed by atoms with Crippen LogP contribution in [0.25, 0.3) is 11.3 Å². The summed E-state index contributed by atoms with van der Waals surface area (Å²) < 4.78 is 2.21. The van der Waals surface area contributed by atoms with Gasteiger partial charge in [-0.3, -0.25) is 4.79 Å². The maximum absolute atomic E-state index is 13.6. The molecule has 1 heterocycles. The van der Waals surface area contributed by atoms with Crippen LogP contribution in [0.1, 0.15) is 34.4 Å². The van der Waals surface area contributed by atoms with E-state index in [2.05, 4.69) is 35.8 Å². The van der Waals surface area contributed by atoms with Crippen LogP contribution in [-0.2, 0) is 24.2 Å². The Morgan fingerprint density at radius 1 is 0.903 bits per heavy atom. The maximum atomic E-state index is 13.6. The van der Waals surface area contributed by atoms with Crippen molar-refractivity contribution >= 4 is 17.2 Å². The molecule has 3 aromatic carbocycles. The molecule has 0 aliphatic heterocycles. The second-order valence-corrected chi connectivity index (χ2v) is 8.82. The fraction of sp³-hybridized carbons (Fsp3) is 0.185. The summed E-state index contributed by atoms with van der Waals surface area (Å²) in [4.78, 5) is 20.4. The fourth-order valence-corrected chi connectivity index (χ4v) is 5.65. The molecule has 1 amide bonds. The molecule has 4 aromatic rings. The number of hydrogen-bond acceptors (Lipinski definition) is 2. The lowest BCUT2D eigenvalue weighted by atomic mass is 9.91. The smallest absolute Gasteiger partial charge is 0.260 e. The SMILES string of the molecule is CCn1c2c(sc1=NC(=O)C(c1ccccc1)c1ccccc1)CCc1ccccc1-2. The number of amides is 1. The highest BCUT2D eigenvalue weighted by atomic mass is 32.1. The average Bonchev–Trinajstić information content (AvgIpc) is 3.18. The van der Waals surface area contributed by atoms with E-state index in [9.17, 15) is 4.79 Å². The van der Waals surface area contributed by atoms with Crippen molar-refractivity contribution < 1.29 is 4.79 Å². The Bertz CT molecular complexity index is 1250. The normalized spacial score (nSPS) is 13.2. The molecule has 1 aliphatic carbocycles. The van der Waals surface area contributed by atoms with E-state index < -0.39 is 5.92 Å². The summed E-state index contributed by atoms with van der Waals surface area (Å²) in [5.74, 6) is -0.523. The van der Waals surface area contributed by atoms with E-state index in [-0.39, 0.29) is 5.91 Å². The summed E-state index contributed by atoms with van der Waals surface area (Å²) >= 11 is 1.66. The van der Waals surface area contributed by atoms with Crippen LogP contribution >= 0.6 is 11.3 Å². The van der Waals surface area contributed by atoms with E-state index in [1.54, 1.807) is 11.3 Å². The molecule has 0 bridgehead atoms. The van der Waals surface area contributed by atoms with Crippen molar-refractivity contribution in [3.63, 3.8) is 0 Å². The van der Waals surface area contributed by atoms with Crippen molar-refractivity contribution in [1.29, 1.82) is 0 Å². The summed E-state index contributed by atoms with van der Waals surface area (Å²) in [6.45, 7) is 2.91. The van der Waals surface area contributed by atoms with Gasteiger partial charge in [0, 0.05) is 17.0 Å². The summed E-state index contributed by atoms with van der Waals surface area (Å²) in [5, 5.41) is 0. The van der Waals surface area contributed by atoms with Crippen LogP contribution < -0.4 is 4.80 Å². The van der Waals surface area contributed by atoms with Crippen molar-refractivity contribution in [1.82, 2.24) is 4.57 Å². The van der Waals surface area contributed by atoms with Gasteiger partial charge in [0.15, 0.2) is 4.80 Å². The molecular formula is C27H24N2OS. The predicted molar refractivity (Wildman–Crippen MR) is 126 cm³/mol. The first-order valence-corrected chi connectivity index (χ1v) is 11.6. The van der Waals surface area contributed by atoms with E-state index in [0.717, 1.165) is 35.3 Å².